The van der Waals surface area contributed by atoms with Gasteiger partial charge in [-0.2, -0.15) is 0 Å². The number of esters is 1. The van der Waals surface area contributed by atoms with Gasteiger partial charge in [0.2, 0.25) is 11.8 Å². The lowest BCUT2D eigenvalue weighted by Crippen LogP contribution is -2.25. The Morgan fingerprint density at radius 2 is 1.68 bits per heavy atom. The summed E-state index contributed by atoms with van der Waals surface area (Å²) in [5.74, 6) is -0.541. The number of aryl methyl sites for hydroxylation is 1. The SMILES string of the molecule is CC(=O)NC1=NN(C(C)=O)[C@H](c2ccc(OC(=O)c3ccc(C)cc3)cc2)S1. The van der Waals surface area contributed by atoms with Crippen LogP contribution in [0.1, 0.15) is 40.7 Å². The fourth-order valence-corrected chi connectivity index (χ4v) is 3.67. The first-order chi connectivity index (χ1) is 13.3. The number of hydrogen-bond acceptors (Lipinski definition) is 6. The Hall–Kier alpha value is -3.13. The summed E-state index contributed by atoms with van der Waals surface area (Å²) in [4.78, 5) is 35.3. The molecule has 2 aromatic rings. The average molecular weight is 397 g/mol. The van der Waals surface area contributed by atoms with E-state index in [1.54, 1.807) is 36.4 Å². The molecule has 0 saturated heterocycles. The van der Waals surface area contributed by atoms with E-state index in [0.717, 1.165) is 11.1 Å². The zero-order chi connectivity index (χ0) is 20.3. The number of carbonyl (C=O) groups is 3. The van der Waals surface area contributed by atoms with Gasteiger partial charge in [0, 0.05) is 13.8 Å². The molecule has 1 heterocycles. The highest BCUT2D eigenvalue weighted by Gasteiger charge is 2.32. The Morgan fingerprint density at radius 1 is 1.04 bits per heavy atom. The number of rotatable bonds is 3. The maximum Gasteiger partial charge on any atom is 0.343 e. The summed E-state index contributed by atoms with van der Waals surface area (Å²) in [6.07, 6.45) is 0. The van der Waals surface area contributed by atoms with Crippen molar-refractivity contribution in [1.82, 2.24) is 10.3 Å². The molecule has 28 heavy (non-hydrogen) atoms. The summed E-state index contributed by atoms with van der Waals surface area (Å²) in [7, 11) is 0. The van der Waals surface area contributed by atoms with Gasteiger partial charge in [-0.15, -0.1) is 5.10 Å². The number of amides is 2. The molecule has 2 amide bonds. The van der Waals surface area contributed by atoms with Crippen LogP contribution in [0.15, 0.2) is 53.6 Å². The van der Waals surface area contributed by atoms with Crippen LogP contribution < -0.4 is 10.1 Å². The van der Waals surface area contributed by atoms with Crippen molar-refractivity contribution in [3.8, 4) is 5.75 Å². The van der Waals surface area contributed by atoms with Crippen LogP contribution in [-0.2, 0) is 9.59 Å². The predicted molar refractivity (Wildman–Crippen MR) is 107 cm³/mol. The van der Waals surface area contributed by atoms with Gasteiger partial charge in [-0.1, -0.05) is 41.6 Å². The third kappa shape index (κ3) is 4.58. The normalized spacial score (nSPS) is 15.8. The minimum Gasteiger partial charge on any atom is -0.423 e. The minimum atomic E-state index is -0.440. The second-order valence-electron chi connectivity index (χ2n) is 6.24. The Labute approximate surface area is 166 Å². The molecule has 1 aliphatic heterocycles. The molecule has 2 aromatic carbocycles. The van der Waals surface area contributed by atoms with Crippen molar-refractivity contribution in [3.05, 3.63) is 65.2 Å². The fraction of sp³-hybridized carbons (Fsp3) is 0.200. The van der Waals surface area contributed by atoms with Gasteiger partial charge in [-0.25, -0.2) is 9.80 Å². The van der Waals surface area contributed by atoms with E-state index >= 15 is 0 Å². The van der Waals surface area contributed by atoms with Crippen molar-refractivity contribution in [1.29, 1.82) is 0 Å². The van der Waals surface area contributed by atoms with Crippen LogP contribution in [0.4, 0.5) is 0 Å². The predicted octanol–water partition coefficient (Wildman–Crippen LogP) is 3.22. The first-order valence-electron chi connectivity index (χ1n) is 8.55. The number of carbonyl (C=O) groups excluding carboxylic acids is 3. The number of hydrogen-bond donors (Lipinski definition) is 1. The van der Waals surface area contributed by atoms with Gasteiger partial charge in [0.15, 0.2) is 5.17 Å². The lowest BCUT2D eigenvalue weighted by Gasteiger charge is -2.19. The van der Waals surface area contributed by atoms with Gasteiger partial charge < -0.3 is 10.1 Å². The highest BCUT2D eigenvalue weighted by Crippen LogP contribution is 2.39. The summed E-state index contributed by atoms with van der Waals surface area (Å²) >= 11 is 1.26. The van der Waals surface area contributed by atoms with E-state index in [1.165, 1.54) is 30.6 Å². The molecule has 0 aromatic heterocycles. The molecule has 144 valence electrons. The molecule has 0 spiro atoms. The summed E-state index contributed by atoms with van der Waals surface area (Å²) in [5, 5.41) is 8.02. The van der Waals surface area contributed by atoms with Crippen molar-refractivity contribution < 1.29 is 19.1 Å². The molecule has 3 rings (SSSR count). The molecule has 1 atom stereocenters. The summed E-state index contributed by atoms with van der Waals surface area (Å²) in [5.41, 5.74) is 2.32. The van der Waals surface area contributed by atoms with Gasteiger partial charge >= 0.3 is 5.97 Å². The van der Waals surface area contributed by atoms with E-state index in [9.17, 15) is 14.4 Å². The molecule has 0 bridgehead atoms. The van der Waals surface area contributed by atoms with E-state index in [4.69, 9.17) is 4.74 Å². The standard InChI is InChI=1S/C20H19N3O4S/c1-12-4-6-16(7-5-12)19(26)27-17-10-8-15(9-11-17)18-23(14(3)25)22-20(28-18)21-13(2)24/h4-11,18H,1-3H3,(H,21,22,24)/t18-/m0/s1. The van der Waals surface area contributed by atoms with Gasteiger partial charge in [-0.05, 0) is 36.8 Å². The number of nitrogens with zero attached hydrogens (tertiary/aromatic N) is 2. The number of thioether (sulfide) groups is 1. The smallest absolute Gasteiger partial charge is 0.343 e. The van der Waals surface area contributed by atoms with Crippen LogP contribution in [-0.4, -0.2) is 28.0 Å². The van der Waals surface area contributed by atoms with Crippen molar-refractivity contribution in [2.75, 3.05) is 0 Å². The van der Waals surface area contributed by atoms with Crippen molar-refractivity contribution >= 4 is 34.7 Å². The van der Waals surface area contributed by atoms with Crippen LogP contribution in [0, 0.1) is 6.92 Å². The van der Waals surface area contributed by atoms with E-state index < -0.39 is 11.3 Å². The van der Waals surface area contributed by atoms with Crippen molar-refractivity contribution in [2.24, 2.45) is 5.10 Å². The molecule has 7 nitrogen and oxygen atoms in total. The van der Waals surface area contributed by atoms with Crippen molar-refractivity contribution in [2.45, 2.75) is 26.1 Å². The summed E-state index contributed by atoms with van der Waals surface area (Å²) in [6, 6.07) is 14.0. The van der Waals surface area contributed by atoms with Crippen molar-refractivity contribution in [3.63, 3.8) is 0 Å². The molecule has 0 fully saturated rings. The Bertz CT molecular complexity index is 939. The highest BCUT2D eigenvalue weighted by atomic mass is 32.2. The van der Waals surface area contributed by atoms with Crippen LogP contribution in [0.5, 0.6) is 5.75 Å². The minimum absolute atomic E-state index is 0.243. The highest BCUT2D eigenvalue weighted by molar-refractivity contribution is 8.14. The Kier molecular flexibility index (Phi) is 5.79. The molecule has 0 saturated carbocycles. The molecule has 1 N–H and O–H groups in total. The molecule has 0 radical (unpaired) electrons. The largest absolute Gasteiger partial charge is 0.423 e. The maximum absolute atomic E-state index is 12.2. The van der Waals surface area contributed by atoms with E-state index in [2.05, 4.69) is 10.4 Å². The zero-order valence-corrected chi connectivity index (χ0v) is 16.4. The van der Waals surface area contributed by atoms with Gasteiger partial charge in [0.1, 0.15) is 11.1 Å². The van der Waals surface area contributed by atoms with Crippen LogP contribution in [0.2, 0.25) is 0 Å². The van der Waals surface area contributed by atoms with Crippen LogP contribution >= 0.6 is 11.8 Å². The molecule has 0 aliphatic carbocycles. The third-order valence-electron chi connectivity index (χ3n) is 3.91. The number of amidine groups is 1. The first kappa shape index (κ1) is 19.6. The fourth-order valence-electron chi connectivity index (χ4n) is 2.54. The number of hydrazone groups is 1. The van der Waals surface area contributed by atoms with E-state index in [0.29, 0.717) is 16.5 Å². The molecule has 0 unspecified atom stereocenters. The maximum atomic E-state index is 12.2. The molecular formula is C20H19N3O4S. The lowest BCUT2D eigenvalue weighted by atomic mass is 10.1. The second-order valence-corrected chi connectivity index (χ2v) is 7.31. The second kappa shape index (κ2) is 8.26. The molecule has 1 aliphatic rings. The van der Waals surface area contributed by atoms with E-state index in [1.807, 2.05) is 19.1 Å². The zero-order valence-electron chi connectivity index (χ0n) is 15.6. The third-order valence-corrected chi connectivity index (χ3v) is 5.01. The number of benzene rings is 2. The average Bonchev–Trinajstić information content (AvgIpc) is 3.06. The Morgan fingerprint density at radius 3 is 2.25 bits per heavy atom. The Balaban J connectivity index is 1.71. The lowest BCUT2D eigenvalue weighted by molar-refractivity contribution is -0.129. The molecule has 8 heteroatoms. The van der Waals surface area contributed by atoms with Crippen LogP contribution in [0.25, 0.3) is 0 Å². The quantitative estimate of drug-likeness (QED) is 0.635. The van der Waals surface area contributed by atoms with Gasteiger partial charge in [0.05, 0.1) is 5.56 Å². The first-order valence-corrected chi connectivity index (χ1v) is 9.43. The molecular weight excluding hydrogens is 378 g/mol. The summed E-state index contributed by atoms with van der Waals surface area (Å²) < 4.78 is 5.39. The van der Waals surface area contributed by atoms with E-state index in [-0.39, 0.29) is 11.8 Å². The summed E-state index contributed by atoms with van der Waals surface area (Å²) in [6.45, 7) is 4.73. The van der Waals surface area contributed by atoms with Crippen LogP contribution in [0.3, 0.4) is 0 Å². The number of nitrogens with one attached hydrogen (secondary N) is 1. The number of ether oxygens (including phenoxy) is 1. The monoisotopic (exact) mass is 397 g/mol. The van der Waals surface area contributed by atoms with Gasteiger partial charge in [0.25, 0.3) is 0 Å². The topological polar surface area (TPSA) is 88.1 Å². The van der Waals surface area contributed by atoms with Gasteiger partial charge in [-0.3, -0.25) is 9.59 Å².